The Balaban J connectivity index is 2.11. The molecule has 198 valence electrons. The summed E-state index contributed by atoms with van der Waals surface area (Å²) < 4.78 is 34.4. The van der Waals surface area contributed by atoms with Gasteiger partial charge >= 0.3 is 0 Å². The lowest BCUT2D eigenvalue weighted by Crippen LogP contribution is -2.44. The predicted octanol–water partition coefficient (Wildman–Crippen LogP) is 2.40. The lowest BCUT2D eigenvalue weighted by molar-refractivity contribution is -0.118. The molecule has 1 aromatic carbocycles. The number of carbonyl (C=O) groups is 1. The summed E-state index contributed by atoms with van der Waals surface area (Å²) >= 11 is 0. The maximum Gasteiger partial charge on any atom is 0.277 e. The largest absolute Gasteiger partial charge is 0.493 e. The number of nitrogens with two attached hydrogens (primary N) is 1. The third-order valence-corrected chi connectivity index (χ3v) is 8.10. The summed E-state index contributed by atoms with van der Waals surface area (Å²) in [5.74, 6) is 0.173. The zero-order valence-corrected chi connectivity index (χ0v) is 22.5. The normalized spacial score (nSPS) is 19.4. The number of hydrogen-bond acceptors (Lipinski definition) is 8. The SMILES string of the molecule is C=C(CCC)N1N=C(c2cc(S(=O)(=O)N3CCCN(C)CC3)ccc2OCC)NC(=O)/C1=C(/N)CC. The molecule has 0 aromatic heterocycles. The predicted molar refractivity (Wildman–Crippen MR) is 141 cm³/mol. The molecule has 36 heavy (non-hydrogen) atoms. The van der Waals surface area contributed by atoms with Crippen LogP contribution in [0.2, 0.25) is 0 Å². The summed E-state index contributed by atoms with van der Waals surface area (Å²) in [6.07, 6.45) is 2.64. The number of carbonyl (C=O) groups excluding carboxylic acids is 1. The highest BCUT2D eigenvalue weighted by atomic mass is 32.2. The molecule has 2 aliphatic rings. The fourth-order valence-corrected chi connectivity index (χ4v) is 5.68. The number of amidine groups is 1. The highest BCUT2D eigenvalue weighted by molar-refractivity contribution is 7.89. The second-order valence-corrected chi connectivity index (χ2v) is 10.8. The molecule has 1 amide bonds. The molecule has 11 heteroatoms. The van der Waals surface area contributed by atoms with E-state index in [-0.39, 0.29) is 16.4 Å². The number of nitrogens with zero attached hydrogens (tertiary/aromatic N) is 4. The topological polar surface area (TPSA) is 121 Å². The van der Waals surface area contributed by atoms with Crippen LogP contribution in [-0.2, 0) is 14.8 Å². The monoisotopic (exact) mass is 518 g/mol. The van der Waals surface area contributed by atoms with Crippen LogP contribution in [0.3, 0.4) is 0 Å². The molecule has 0 atom stereocenters. The summed E-state index contributed by atoms with van der Waals surface area (Å²) in [5, 5.41) is 8.92. The van der Waals surface area contributed by atoms with Crippen LogP contribution < -0.4 is 15.8 Å². The first-order valence-corrected chi connectivity index (χ1v) is 13.9. The molecule has 0 bridgehead atoms. The first kappa shape index (κ1) is 27.7. The molecule has 3 N–H and O–H groups in total. The van der Waals surface area contributed by atoms with Crippen molar-refractivity contribution < 1.29 is 17.9 Å². The Bertz CT molecular complexity index is 1160. The van der Waals surface area contributed by atoms with Gasteiger partial charge in [-0.1, -0.05) is 26.8 Å². The van der Waals surface area contributed by atoms with Gasteiger partial charge in [0.15, 0.2) is 5.84 Å². The third kappa shape index (κ3) is 5.91. The fraction of sp³-hybridized carbons (Fsp3) is 0.520. The van der Waals surface area contributed by atoms with Gasteiger partial charge in [-0.3, -0.25) is 4.79 Å². The van der Waals surface area contributed by atoms with Gasteiger partial charge in [0.05, 0.1) is 17.1 Å². The molecule has 0 unspecified atom stereocenters. The summed E-state index contributed by atoms with van der Waals surface area (Å²) in [7, 11) is -1.77. The van der Waals surface area contributed by atoms with Gasteiger partial charge in [0.1, 0.15) is 11.4 Å². The van der Waals surface area contributed by atoms with Gasteiger partial charge in [-0.25, -0.2) is 13.4 Å². The average Bonchev–Trinajstić information content (AvgIpc) is 3.08. The van der Waals surface area contributed by atoms with Gasteiger partial charge in [0, 0.05) is 31.0 Å². The Morgan fingerprint density at radius 2 is 1.94 bits per heavy atom. The lowest BCUT2D eigenvalue weighted by Gasteiger charge is -2.30. The number of amides is 1. The van der Waals surface area contributed by atoms with Crippen LogP contribution >= 0.6 is 0 Å². The maximum absolute atomic E-state index is 13.5. The lowest BCUT2D eigenvalue weighted by atomic mass is 10.1. The van der Waals surface area contributed by atoms with Crippen LogP contribution in [0, 0.1) is 0 Å². The Hall–Kier alpha value is -2.89. The molecule has 0 saturated carbocycles. The van der Waals surface area contributed by atoms with E-state index >= 15 is 0 Å². The highest BCUT2D eigenvalue weighted by Crippen LogP contribution is 2.29. The van der Waals surface area contributed by atoms with E-state index < -0.39 is 15.9 Å². The highest BCUT2D eigenvalue weighted by Gasteiger charge is 2.32. The average molecular weight is 519 g/mol. The summed E-state index contributed by atoms with van der Waals surface area (Å²) in [4.78, 5) is 15.4. The van der Waals surface area contributed by atoms with Crippen LogP contribution in [0.4, 0.5) is 0 Å². The number of likely N-dealkylation sites (N-methyl/N-ethyl adjacent to an activating group) is 1. The van der Waals surface area contributed by atoms with Crippen molar-refractivity contribution in [2.24, 2.45) is 10.8 Å². The van der Waals surface area contributed by atoms with Gasteiger partial charge < -0.3 is 20.7 Å². The minimum Gasteiger partial charge on any atom is -0.493 e. The standard InChI is InChI=1S/C25H38N6O4S/c1-6-10-18(4)31-23(21(26)7-2)25(32)27-24(28-31)20-17-19(11-12-22(20)35-8-3)36(33,34)30-14-9-13-29(5)15-16-30/h11-12,17H,4,6-10,13-16,26H2,1-3,5H3,(H,27,28,32)/b23-21-. The van der Waals surface area contributed by atoms with Crippen molar-refractivity contribution >= 4 is 21.8 Å². The van der Waals surface area contributed by atoms with E-state index in [4.69, 9.17) is 10.5 Å². The Morgan fingerprint density at radius 3 is 2.61 bits per heavy atom. The number of nitrogens with one attached hydrogen (secondary N) is 1. The molecular formula is C25H38N6O4S. The van der Waals surface area contributed by atoms with E-state index in [1.54, 1.807) is 6.07 Å². The van der Waals surface area contributed by atoms with Crippen LogP contribution in [0.1, 0.15) is 52.0 Å². The van der Waals surface area contributed by atoms with Crippen molar-refractivity contribution in [3.8, 4) is 5.75 Å². The van der Waals surface area contributed by atoms with Gasteiger partial charge in [0.2, 0.25) is 10.0 Å². The summed E-state index contributed by atoms with van der Waals surface area (Å²) in [6, 6.07) is 4.67. The first-order chi connectivity index (χ1) is 17.1. The van der Waals surface area contributed by atoms with Gasteiger partial charge in [0.25, 0.3) is 5.91 Å². The van der Waals surface area contributed by atoms with E-state index in [2.05, 4.69) is 21.9 Å². The smallest absolute Gasteiger partial charge is 0.277 e. The van der Waals surface area contributed by atoms with E-state index in [9.17, 15) is 13.2 Å². The molecular weight excluding hydrogens is 480 g/mol. The Morgan fingerprint density at radius 1 is 1.19 bits per heavy atom. The van der Waals surface area contributed by atoms with Crippen LogP contribution in [-0.4, -0.2) is 74.2 Å². The summed E-state index contributed by atoms with van der Waals surface area (Å²) in [5.41, 5.74) is 7.78. The van der Waals surface area contributed by atoms with E-state index in [0.29, 0.717) is 61.8 Å². The number of sulfonamides is 1. The number of hydrogen-bond donors (Lipinski definition) is 2. The summed E-state index contributed by atoms with van der Waals surface area (Å²) in [6.45, 7) is 12.5. The van der Waals surface area contributed by atoms with Crippen molar-refractivity contribution in [1.29, 1.82) is 0 Å². The molecule has 0 spiro atoms. The molecule has 10 nitrogen and oxygen atoms in total. The van der Waals surface area contributed by atoms with E-state index in [1.807, 2.05) is 27.8 Å². The Labute approximate surface area is 214 Å². The fourth-order valence-electron chi connectivity index (χ4n) is 4.18. The van der Waals surface area contributed by atoms with Crippen molar-refractivity contribution in [3.63, 3.8) is 0 Å². The van der Waals surface area contributed by atoms with Crippen LogP contribution in [0.15, 0.2) is 51.9 Å². The van der Waals surface area contributed by atoms with Crippen LogP contribution in [0.5, 0.6) is 5.75 Å². The molecule has 1 aromatic rings. The molecule has 1 saturated heterocycles. The van der Waals surface area contributed by atoms with Gasteiger partial charge in [-0.15, -0.1) is 5.10 Å². The molecule has 0 radical (unpaired) electrons. The molecule has 2 aliphatic heterocycles. The van der Waals surface area contributed by atoms with E-state index in [0.717, 1.165) is 19.4 Å². The maximum atomic E-state index is 13.5. The van der Waals surface area contributed by atoms with Gasteiger partial charge in [-0.05, 0) is 58.0 Å². The molecule has 2 heterocycles. The molecule has 0 aliphatic carbocycles. The quantitative estimate of drug-likeness (QED) is 0.482. The second-order valence-electron chi connectivity index (χ2n) is 8.91. The second kappa shape index (κ2) is 11.9. The van der Waals surface area contributed by atoms with Gasteiger partial charge in [-0.2, -0.15) is 4.31 Å². The number of allylic oxidation sites excluding steroid dienone is 2. The van der Waals surface area contributed by atoms with E-state index in [1.165, 1.54) is 21.4 Å². The first-order valence-electron chi connectivity index (χ1n) is 12.5. The number of rotatable bonds is 9. The zero-order valence-electron chi connectivity index (χ0n) is 21.7. The number of benzene rings is 1. The van der Waals surface area contributed by atoms with Crippen molar-refractivity contribution in [1.82, 2.24) is 19.5 Å². The van der Waals surface area contributed by atoms with Crippen molar-refractivity contribution in [2.45, 2.75) is 51.3 Å². The van der Waals surface area contributed by atoms with Crippen molar-refractivity contribution in [3.05, 3.63) is 47.4 Å². The Kier molecular flexibility index (Phi) is 9.15. The minimum absolute atomic E-state index is 0.121. The molecule has 3 rings (SSSR count). The third-order valence-electron chi connectivity index (χ3n) is 6.20. The number of hydrazone groups is 1. The minimum atomic E-state index is -3.76. The zero-order chi connectivity index (χ0) is 26.5. The van der Waals surface area contributed by atoms with Crippen molar-refractivity contribution in [2.75, 3.05) is 39.8 Å². The van der Waals surface area contributed by atoms with Crippen LogP contribution in [0.25, 0.3) is 0 Å². The number of ether oxygens (including phenoxy) is 1. The molecule has 1 fully saturated rings.